The van der Waals surface area contributed by atoms with Gasteiger partial charge >= 0.3 is 0 Å². The zero-order valence-electron chi connectivity index (χ0n) is 16.7. The fourth-order valence-corrected chi connectivity index (χ4v) is 3.29. The molecule has 8 nitrogen and oxygen atoms in total. The largest absolute Gasteiger partial charge is 0.461 e. The maximum Gasteiger partial charge on any atom is 0.216 e. The Labute approximate surface area is 183 Å². The Kier molecular flexibility index (Phi) is 9.23. The van der Waals surface area contributed by atoms with Crippen molar-refractivity contribution in [2.45, 2.75) is 39.0 Å². The maximum atomic E-state index is 5.32. The van der Waals surface area contributed by atoms with Crippen molar-refractivity contribution in [2.24, 2.45) is 10.4 Å². The lowest BCUT2D eigenvalue weighted by Gasteiger charge is -2.40. The Morgan fingerprint density at radius 3 is 2.89 bits per heavy atom. The van der Waals surface area contributed by atoms with Crippen LogP contribution in [0.15, 0.2) is 27.8 Å². The SMILES string of the molecule is CCNC(=NCC1(CCOC)CCC1)NCCc1nc(-c2ccco2)n[nH]1.I. The van der Waals surface area contributed by atoms with Crippen molar-refractivity contribution in [1.29, 1.82) is 0 Å². The molecule has 0 saturated heterocycles. The van der Waals surface area contributed by atoms with Crippen LogP contribution in [0.4, 0.5) is 0 Å². The molecule has 0 radical (unpaired) electrons. The lowest BCUT2D eigenvalue weighted by atomic mass is 9.67. The highest BCUT2D eigenvalue weighted by molar-refractivity contribution is 14.0. The van der Waals surface area contributed by atoms with E-state index in [9.17, 15) is 0 Å². The van der Waals surface area contributed by atoms with Crippen LogP contribution in [-0.4, -0.2) is 54.5 Å². The molecule has 0 atom stereocenters. The van der Waals surface area contributed by atoms with E-state index in [4.69, 9.17) is 14.1 Å². The van der Waals surface area contributed by atoms with E-state index in [1.807, 2.05) is 12.1 Å². The second-order valence-corrected chi connectivity index (χ2v) is 7.05. The summed E-state index contributed by atoms with van der Waals surface area (Å²) in [6.45, 7) is 5.29. The molecule has 0 spiro atoms. The molecule has 2 heterocycles. The van der Waals surface area contributed by atoms with Gasteiger partial charge in [-0.3, -0.25) is 10.1 Å². The average Bonchev–Trinajstić information content (AvgIpc) is 3.32. The number of furan rings is 1. The summed E-state index contributed by atoms with van der Waals surface area (Å²) >= 11 is 0. The summed E-state index contributed by atoms with van der Waals surface area (Å²) in [6.07, 6.45) is 7.22. The van der Waals surface area contributed by atoms with Crippen molar-refractivity contribution in [3.8, 4) is 11.6 Å². The fourth-order valence-electron chi connectivity index (χ4n) is 3.29. The second-order valence-electron chi connectivity index (χ2n) is 7.05. The molecule has 1 aliphatic rings. The smallest absolute Gasteiger partial charge is 0.216 e. The number of H-pyrrole nitrogens is 1. The first-order chi connectivity index (χ1) is 13.2. The molecule has 2 aromatic rings. The number of nitrogens with one attached hydrogen (secondary N) is 3. The number of rotatable bonds is 10. The Balaban J connectivity index is 0.00000280. The molecule has 0 amide bonds. The van der Waals surface area contributed by atoms with E-state index >= 15 is 0 Å². The normalized spacial score (nSPS) is 15.6. The number of methoxy groups -OCH3 is 1. The highest BCUT2D eigenvalue weighted by Gasteiger charge is 2.36. The Morgan fingerprint density at radius 1 is 1.39 bits per heavy atom. The van der Waals surface area contributed by atoms with Gasteiger partial charge in [0, 0.05) is 39.8 Å². The van der Waals surface area contributed by atoms with Gasteiger partial charge in [-0.25, -0.2) is 4.98 Å². The lowest BCUT2D eigenvalue weighted by molar-refractivity contribution is 0.0778. The van der Waals surface area contributed by atoms with E-state index in [1.165, 1.54) is 19.3 Å². The molecule has 0 aromatic carbocycles. The number of aromatic nitrogens is 3. The van der Waals surface area contributed by atoms with Gasteiger partial charge in [-0.2, -0.15) is 5.10 Å². The lowest BCUT2D eigenvalue weighted by Crippen LogP contribution is -2.41. The number of halogens is 1. The van der Waals surface area contributed by atoms with Gasteiger partial charge in [0.1, 0.15) is 5.82 Å². The molecule has 9 heteroatoms. The zero-order chi connectivity index (χ0) is 19.0. The van der Waals surface area contributed by atoms with Crippen molar-refractivity contribution < 1.29 is 9.15 Å². The van der Waals surface area contributed by atoms with Gasteiger partial charge in [0.2, 0.25) is 5.82 Å². The van der Waals surface area contributed by atoms with Crippen molar-refractivity contribution in [1.82, 2.24) is 25.8 Å². The van der Waals surface area contributed by atoms with Gasteiger partial charge in [-0.05, 0) is 43.7 Å². The number of hydrogen-bond acceptors (Lipinski definition) is 5. The standard InChI is InChI=1S/C19H30N6O2.HI/c1-3-20-18(22-14-19(8-5-9-19)10-13-26-2)21-11-7-16-23-17(25-24-16)15-6-4-12-27-15;/h4,6,12H,3,5,7-11,13-14H2,1-2H3,(H2,20,21,22)(H,23,24,25);1H. The van der Waals surface area contributed by atoms with E-state index in [1.54, 1.807) is 13.4 Å². The Morgan fingerprint density at radius 2 is 2.25 bits per heavy atom. The van der Waals surface area contributed by atoms with Crippen LogP contribution >= 0.6 is 24.0 Å². The second kappa shape index (κ2) is 11.4. The van der Waals surface area contributed by atoms with Crippen LogP contribution in [0.3, 0.4) is 0 Å². The van der Waals surface area contributed by atoms with Gasteiger partial charge < -0.3 is 19.8 Å². The molecule has 1 fully saturated rings. The first-order valence-electron chi connectivity index (χ1n) is 9.71. The van der Waals surface area contributed by atoms with E-state index < -0.39 is 0 Å². The van der Waals surface area contributed by atoms with Crippen molar-refractivity contribution in [2.75, 3.05) is 33.4 Å². The molecular weight excluding hydrogens is 471 g/mol. The molecule has 3 N–H and O–H groups in total. The van der Waals surface area contributed by atoms with E-state index in [0.717, 1.165) is 50.9 Å². The number of aliphatic imine (C=N–C) groups is 1. The van der Waals surface area contributed by atoms with Crippen molar-refractivity contribution in [3.63, 3.8) is 0 Å². The predicted octanol–water partition coefficient (Wildman–Crippen LogP) is 2.99. The maximum absolute atomic E-state index is 5.32. The Bertz CT molecular complexity index is 712. The third kappa shape index (κ3) is 6.20. The first kappa shape index (κ1) is 22.7. The summed E-state index contributed by atoms with van der Waals surface area (Å²) in [7, 11) is 1.77. The number of nitrogens with zero attached hydrogens (tertiary/aromatic N) is 3. The third-order valence-corrected chi connectivity index (χ3v) is 5.10. The number of hydrogen-bond donors (Lipinski definition) is 3. The van der Waals surface area contributed by atoms with Crippen molar-refractivity contribution in [3.05, 3.63) is 24.2 Å². The molecular formula is C19H31IN6O2. The Hall–Kier alpha value is -1.62. The number of aromatic amines is 1. The number of guanidine groups is 1. The average molecular weight is 502 g/mol. The molecule has 0 unspecified atom stereocenters. The van der Waals surface area contributed by atoms with Gasteiger partial charge in [-0.1, -0.05) is 6.42 Å². The number of ether oxygens (including phenoxy) is 1. The van der Waals surface area contributed by atoms with E-state index in [0.29, 0.717) is 17.0 Å². The van der Waals surface area contributed by atoms with Crippen LogP contribution in [0.5, 0.6) is 0 Å². The van der Waals surface area contributed by atoms with Crippen molar-refractivity contribution >= 4 is 29.9 Å². The van der Waals surface area contributed by atoms with Crippen LogP contribution in [0.1, 0.15) is 38.4 Å². The van der Waals surface area contributed by atoms with Crippen LogP contribution in [0.25, 0.3) is 11.6 Å². The molecule has 1 aliphatic carbocycles. The third-order valence-electron chi connectivity index (χ3n) is 5.10. The topological polar surface area (TPSA) is 100 Å². The predicted molar refractivity (Wildman–Crippen MR) is 120 cm³/mol. The molecule has 3 rings (SSSR count). The summed E-state index contributed by atoms with van der Waals surface area (Å²) in [6, 6.07) is 3.68. The zero-order valence-corrected chi connectivity index (χ0v) is 19.0. The first-order valence-corrected chi connectivity index (χ1v) is 9.71. The van der Waals surface area contributed by atoms with Crippen LogP contribution in [-0.2, 0) is 11.2 Å². The molecule has 156 valence electrons. The monoisotopic (exact) mass is 502 g/mol. The minimum absolute atomic E-state index is 0. The van der Waals surface area contributed by atoms with Crippen LogP contribution < -0.4 is 10.6 Å². The van der Waals surface area contributed by atoms with Crippen LogP contribution in [0, 0.1) is 5.41 Å². The summed E-state index contributed by atoms with van der Waals surface area (Å²) in [5, 5.41) is 13.9. The van der Waals surface area contributed by atoms with Gasteiger partial charge in [-0.15, -0.1) is 24.0 Å². The molecule has 0 bridgehead atoms. The molecule has 2 aromatic heterocycles. The molecule has 1 saturated carbocycles. The fraction of sp³-hybridized carbons (Fsp3) is 0.632. The van der Waals surface area contributed by atoms with Gasteiger partial charge in [0.25, 0.3) is 0 Å². The van der Waals surface area contributed by atoms with Gasteiger partial charge in [0.15, 0.2) is 11.7 Å². The highest BCUT2D eigenvalue weighted by Crippen LogP contribution is 2.44. The highest BCUT2D eigenvalue weighted by atomic mass is 127. The summed E-state index contributed by atoms with van der Waals surface area (Å²) in [4.78, 5) is 9.28. The summed E-state index contributed by atoms with van der Waals surface area (Å²) in [5.74, 6) is 2.93. The van der Waals surface area contributed by atoms with Crippen LogP contribution in [0.2, 0.25) is 0 Å². The summed E-state index contributed by atoms with van der Waals surface area (Å²) < 4.78 is 10.6. The van der Waals surface area contributed by atoms with Gasteiger partial charge in [0.05, 0.1) is 6.26 Å². The minimum atomic E-state index is 0. The quantitative estimate of drug-likeness (QED) is 0.263. The molecule has 0 aliphatic heterocycles. The molecule has 28 heavy (non-hydrogen) atoms. The minimum Gasteiger partial charge on any atom is -0.461 e. The van der Waals surface area contributed by atoms with E-state index in [2.05, 4.69) is 32.7 Å². The van der Waals surface area contributed by atoms with E-state index in [-0.39, 0.29) is 24.0 Å². The summed E-state index contributed by atoms with van der Waals surface area (Å²) in [5.41, 5.74) is 0.321.